The van der Waals surface area contributed by atoms with Gasteiger partial charge in [-0.25, -0.2) is 0 Å². The van der Waals surface area contributed by atoms with E-state index in [2.05, 4.69) is 83.3 Å². The van der Waals surface area contributed by atoms with Crippen molar-refractivity contribution in [2.24, 2.45) is 29.6 Å². The summed E-state index contributed by atoms with van der Waals surface area (Å²) in [5.41, 5.74) is 1.38. The van der Waals surface area contributed by atoms with Gasteiger partial charge in [-0.05, 0) is 53.3 Å². The van der Waals surface area contributed by atoms with Crippen LogP contribution in [-0.4, -0.2) is 14.9 Å². The van der Waals surface area contributed by atoms with Gasteiger partial charge >= 0.3 is 0 Å². The first-order valence-corrected chi connectivity index (χ1v) is 12.0. The van der Waals surface area contributed by atoms with Crippen LogP contribution in [0, 0.1) is 29.6 Å². The molecule has 0 aromatic rings. The first kappa shape index (κ1) is 17.0. The summed E-state index contributed by atoms with van der Waals surface area (Å²) in [7, 11) is -1.67. The molecule has 3 aliphatic rings. The van der Waals surface area contributed by atoms with E-state index < -0.39 is 8.32 Å². The quantitative estimate of drug-likeness (QED) is 0.600. The Morgan fingerprint density at radius 3 is 2.22 bits per heavy atom. The lowest BCUT2D eigenvalue weighted by atomic mass is 9.81. The number of allylic oxidation sites excluding steroid dienone is 6. The van der Waals surface area contributed by atoms with Crippen molar-refractivity contribution in [3.8, 4) is 0 Å². The van der Waals surface area contributed by atoms with Crippen LogP contribution in [0.4, 0.5) is 0 Å². The predicted octanol–water partition coefficient (Wildman–Crippen LogP) is 5.74. The molecule has 0 saturated heterocycles. The Kier molecular flexibility index (Phi) is 4.35. The maximum absolute atomic E-state index is 6.43. The molecule has 3 aliphatic carbocycles. The Hall–Kier alpha value is -0.863. The molecule has 0 radical (unpaired) electrons. The van der Waals surface area contributed by atoms with Gasteiger partial charge in [0.25, 0.3) is 0 Å². The van der Waals surface area contributed by atoms with Crippen LogP contribution in [0.3, 0.4) is 0 Å². The third kappa shape index (κ3) is 3.08. The monoisotopic (exact) mass is 328 g/mol. The van der Waals surface area contributed by atoms with Crippen molar-refractivity contribution < 1.29 is 4.43 Å². The summed E-state index contributed by atoms with van der Waals surface area (Å²) >= 11 is 0. The zero-order chi connectivity index (χ0) is 16.8. The van der Waals surface area contributed by atoms with E-state index >= 15 is 0 Å². The molecule has 0 aliphatic heterocycles. The van der Waals surface area contributed by atoms with Crippen LogP contribution in [0.2, 0.25) is 18.1 Å². The molecule has 1 fully saturated rings. The second-order valence-corrected chi connectivity index (χ2v) is 13.9. The van der Waals surface area contributed by atoms with Crippen molar-refractivity contribution in [1.82, 2.24) is 0 Å². The van der Waals surface area contributed by atoms with Crippen LogP contribution >= 0.6 is 0 Å². The van der Waals surface area contributed by atoms with E-state index in [-0.39, 0.29) is 5.04 Å². The van der Waals surface area contributed by atoms with Crippen molar-refractivity contribution in [2.45, 2.75) is 45.8 Å². The fourth-order valence-corrected chi connectivity index (χ4v) is 5.01. The zero-order valence-electron chi connectivity index (χ0n) is 15.5. The van der Waals surface area contributed by atoms with Gasteiger partial charge in [0.05, 0.1) is 6.61 Å². The van der Waals surface area contributed by atoms with Crippen molar-refractivity contribution in [3.05, 3.63) is 48.1 Å². The molecule has 5 unspecified atom stereocenters. The van der Waals surface area contributed by atoms with Gasteiger partial charge in [0.1, 0.15) is 0 Å². The van der Waals surface area contributed by atoms with E-state index in [1.807, 2.05) is 0 Å². The lowest BCUT2D eigenvalue weighted by molar-refractivity contribution is 0.317. The van der Waals surface area contributed by atoms with Crippen LogP contribution < -0.4 is 0 Å². The van der Waals surface area contributed by atoms with Crippen molar-refractivity contribution in [2.75, 3.05) is 6.61 Å². The number of rotatable bonds is 3. The van der Waals surface area contributed by atoms with E-state index in [0.29, 0.717) is 23.7 Å². The molecule has 0 heterocycles. The lowest BCUT2D eigenvalue weighted by Gasteiger charge is -2.36. The summed E-state index contributed by atoms with van der Waals surface area (Å²) in [6.07, 6.45) is 16.6. The summed E-state index contributed by atoms with van der Waals surface area (Å²) in [6, 6.07) is 0. The van der Waals surface area contributed by atoms with Gasteiger partial charge in [0.2, 0.25) is 0 Å². The van der Waals surface area contributed by atoms with Gasteiger partial charge in [-0.1, -0.05) is 70.2 Å². The third-order valence-electron chi connectivity index (χ3n) is 6.67. The average molecular weight is 329 g/mol. The highest BCUT2D eigenvalue weighted by Gasteiger charge is 2.45. The number of hydrogen-bond acceptors (Lipinski definition) is 1. The third-order valence-corrected chi connectivity index (χ3v) is 11.1. The van der Waals surface area contributed by atoms with E-state index in [9.17, 15) is 0 Å². The molecule has 0 aromatic heterocycles. The van der Waals surface area contributed by atoms with Crippen molar-refractivity contribution in [3.63, 3.8) is 0 Å². The smallest absolute Gasteiger partial charge is 0.192 e. The summed E-state index contributed by atoms with van der Waals surface area (Å²) in [4.78, 5) is 0. The molecule has 1 nitrogen and oxygen atoms in total. The summed E-state index contributed by atoms with van der Waals surface area (Å²) in [5, 5.41) is 0.277. The standard InChI is InChI=1S/C21H32OSi/c1-15-17-9-7-8-10-18(17)19-12-11-16(13-20(15)19)14-22-23(5,6)21(2,3)4/h7-13,15,17-20H,14H2,1-6H3. The number of fused-ring (bicyclic) bond motifs is 3. The van der Waals surface area contributed by atoms with Crippen LogP contribution in [-0.2, 0) is 4.43 Å². The van der Waals surface area contributed by atoms with Crippen molar-refractivity contribution >= 4 is 8.32 Å². The van der Waals surface area contributed by atoms with Crippen molar-refractivity contribution in [1.29, 1.82) is 0 Å². The van der Waals surface area contributed by atoms with Crippen LogP contribution in [0.15, 0.2) is 48.1 Å². The number of hydrogen-bond donors (Lipinski definition) is 0. The van der Waals surface area contributed by atoms with Gasteiger partial charge in [-0.15, -0.1) is 0 Å². The molecule has 0 bridgehead atoms. The molecule has 0 aromatic carbocycles. The van der Waals surface area contributed by atoms with Crippen LogP contribution in [0.1, 0.15) is 27.7 Å². The Morgan fingerprint density at radius 2 is 1.57 bits per heavy atom. The fraction of sp³-hybridized carbons (Fsp3) is 0.619. The van der Waals surface area contributed by atoms with Gasteiger partial charge in [-0.2, -0.15) is 0 Å². The zero-order valence-corrected chi connectivity index (χ0v) is 16.5. The van der Waals surface area contributed by atoms with E-state index in [1.54, 1.807) is 0 Å². The molecule has 2 heteroatoms. The maximum Gasteiger partial charge on any atom is 0.192 e. The molecule has 5 atom stereocenters. The average Bonchev–Trinajstić information content (AvgIpc) is 2.78. The highest BCUT2D eigenvalue weighted by atomic mass is 28.4. The van der Waals surface area contributed by atoms with Gasteiger partial charge in [0, 0.05) is 0 Å². The largest absolute Gasteiger partial charge is 0.413 e. The Labute approximate surface area is 143 Å². The topological polar surface area (TPSA) is 9.23 Å². The molecular formula is C21H32OSi. The Balaban J connectivity index is 1.71. The molecule has 23 heavy (non-hydrogen) atoms. The Bertz CT molecular complexity index is 573. The highest BCUT2D eigenvalue weighted by Crippen LogP contribution is 2.51. The highest BCUT2D eigenvalue weighted by molar-refractivity contribution is 6.74. The van der Waals surface area contributed by atoms with E-state index in [4.69, 9.17) is 4.43 Å². The molecule has 0 amide bonds. The van der Waals surface area contributed by atoms with Gasteiger partial charge in [-0.3, -0.25) is 0 Å². The van der Waals surface area contributed by atoms with Crippen LogP contribution in [0.5, 0.6) is 0 Å². The Morgan fingerprint density at radius 1 is 0.957 bits per heavy atom. The molecule has 0 spiro atoms. The normalized spacial score (nSPS) is 35.9. The second kappa shape index (κ2) is 5.89. The minimum atomic E-state index is -1.67. The molecular weight excluding hydrogens is 296 g/mol. The molecule has 1 saturated carbocycles. The minimum absolute atomic E-state index is 0.277. The maximum atomic E-state index is 6.43. The summed E-state index contributed by atoms with van der Waals surface area (Å²) in [5.74, 6) is 3.46. The fourth-order valence-electron chi connectivity index (χ4n) is 4.05. The minimum Gasteiger partial charge on any atom is -0.413 e. The van der Waals surface area contributed by atoms with E-state index in [0.717, 1.165) is 12.5 Å². The summed E-state index contributed by atoms with van der Waals surface area (Å²) in [6.45, 7) is 14.8. The van der Waals surface area contributed by atoms with Gasteiger partial charge < -0.3 is 4.43 Å². The molecule has 126 valence electrons. The van der Waals surface area contributed by atoms with E-state index in [1.165, 1.54) is 5.57 Å². The van der Waals surface area contributed by atoms with Crippen LogP contribution in [0.25, 0.3) is 0 Å². The summed E-state index contributed by atoms with van der Waals surface area (Å²) < 4.78 is 6.43. The second-order valence-electron chi connectivity index (χ2n) is 9.09. The SMILES string of the molecule is CC1C2C=CC=CC2C2C=CC(CO[Si](C)(C)C(C)(C)C)=CC12. The van der Waals surface area contributed by atoms with Gasteiger partial charge in [0.15, 0.2) is 8.32 Å². The first-order chi connectivity index (χ1) is 10.7. The lowest BCUT2D eigenvalue weighted by Crippen LogP contribution is -2.41. The molecule has 0 N–H and O–H groups in total. The predicted molar refractivity (Wildman–Crippen MR) is 102 cm³/mol. The first-order valence-electron chi connectivity index (χ1n) is 9.08. The molecule has 3 rings (SSSR count).